The summed E-state index contributed by atoms with van der Waals surface area (Å²) in [5, 5.41) is 19.9. The number of nitrogens with zero attached hydrogens (tertiary/aromatic N) is 2. The highest BCUT2D eigenvalue weighted by Crippen LogP contribution is 2.29. The van der Waals surface area contributed by atoms with Crippen molar-refractivity contribution in [1.29, 1.82) is 5.26 Å². The molecular formula is C17H22N2O3. The molecule has 0 aliphatic carbocycles. The minimum atomic E-state index is -0.453. The normalized spacial score (nSPS) is 11.0. The summed E-state index contributed by atoms with van der Waals surface area (Å²) in [6.45, 7) is 4.30. The molecule has 0 aliphatic heterocycles. The Hall–Kier alpha value is -2.35. The lowest BCUT2D eigenvalue weighted by molar-refractivity contribution is -0.385. The fourth-order valence-corrected chi connectivity index (χ4v) is 2.06. The molecule has 0 heterocycles. The number of unbranched alkanes of at least 4 members (excludes halogenated alkanes) is 4. The molecule has 5 nitrogen and oxygen atoms in total. The maximum Gasteiger partial charge on any atom is 0.311 e. The number of hydrogen-bond acceptors (Lipinski definition) is 4. The first-order valence-electron chi connectivity index (χ1n) is 7.58. The van der Waals surface area contributed by atoms with Gasteiger partial charge in [0, 0.05) is 11.6 Å². The van der Waals surface area contributed by atoms with Gasteiger partial charge in [-0.05, 0) is 31.1 Å². The van der Waals surface area contributed by atoms with Crippen molar-refractivity contribution in [2.75, 3.05) is 6.61 Å². The smallest absolute Gasteiger partial charge is 0.311 e. The van der Waals surface area contributed by atoms with E-state index in [4.69, 9.17) is 10.00 Å². The molecule has 1 aromatic rings. The van der Waals surface area contributed by atoms with Crippen LogP contribution in [-0.4, -0.2) is 11.5 Å². The average Bonchev–Trinajstić information content (AvgIpc) is 2.51. The van der Waals surface area contributed by atoms with Crippen LogP contribution in [-0.2, 0) is 0 Å². The largest absolute Gasteiger partial charge is 0.487 e. The van der Waals surface area contributed by atoms with Gasteiger partial charge in [0.2, 0.25) is 0 Å². The molecular weight excluding hydrogens is 280 g/mol. The monoisotopic (exact) mass is 302 g/mol. The van der Waals surface area contributed by atoms with Crippen molar-refractivity contribution in [1.82, 2.24) is 0 Å². The first-order chi connectivity index (χ1) is 10.6. The third-order valence-corrected chi connectivity index (χ3v) is 3.24. The zero-order valence-corrected chi connectivity index (χ0v) is 13.2. The van der Waals surface area contributed by atoms with E-state index in [2.05, 4.69) is 6.92 Å². The van der Waals surface area contributed by atoms with Crippen molar-refractivity contribution in [3.05, 3.63) is 39.4 Å². The average molecular weight is 302 g/mol. The van der Waals surface area contributed by atoms with E-state index in [1.165, 1.54) is 25.3 Å². The molecule has 5 heteroatoms. The van der Waals surface area contributed by atoms with Crippen LogP contribution in [0, 0.1) is 21.4 Å². The molecule has 0 saturated carbocycles. The molecule has 1 aromatic carbocycles. The maximum absolute atomic E-state index is 11.1. The van der Waals surface area contributed by atoms with Gasteiger partial charge in [0.15, 0.2) is 5.75 Å². The summed E-state index contributed by atoms with van der Waals surface area (Å²) >= 11 is 0. The second-order valence-corrected chi connectivity index (χ2v) is 5.19. The first kappa shape index (κ1) is 17.7. The van der Waals surface area contributed by atoms with E-state index in [1.54, 1.807) is 25.1 Å². The summed E-state index contributed by atoms with van der Waals surface area (Å²) in [7, 11) is 0. The number of benzene rings is 1. The number of allylic oxidation sites excluding steroid dienone is 1. The van der Waals surface area contributed by atoms with E-state index in [9.17, 15) is 10.1 Å². The summed E-state index contributed by atoms with van der Waals surface area (Å²) in [4.78, 5) is 10.7. The highest BCUT2D eigenvalue weighted by atomic mass is 16.6. The fraction of sp³-hybridized carbons (Fsp3) is 0.471. The van der Waals surface area contributed by atoms with Crippen LogP contribution in [0.25, 0.3) is 6.08 Å². The first-order valence-corrected chi connectivity index (χ1v) is 7.58. The van der Waals surface area contributed by atoms with Crippen molar-refractivity contribution in [3.8, 4) is 11.8 Å². The van der Waals surface area contributed by atoms with E-state index < -0.39 is 4.92 Å². The molecule has 0 bridgehead atoms. The van der Waals surface area contributed by atoms with Crippen LogP contribution in [0.3, 0.4) is 0 Å². The zero-order chi connectivity index (χ0) is 16.4. The predicted octanol–water partition coefficient (Wildman–Crippen LogP) is 4.87. The van der Waals surface area contributed by atoms with Gasteiger partial charge >= 0.3 is 5.69 Å². The third-order valence-electron chi connectivity index (χ3n) is 3.24. The predicted molar refractivity (Wildman–Crippen MR) is 86.6 cm³/mol. The lowest BCUT2D eigenvalue weighted by atomic mass is 10.1. The lowest BCUT2D eigenvalue weighted by Crippen LogP contribution is -2.01. The van der Waals surface area contributed by atoms with Crippen molar-refractivity contribution in [2.45, 2.75) is 46.0 Å². The van der Waals surface area contributed by atoms with Crippen molar-refractivity contribution >= 4 is 11.8 Å². The van der Waals surface area contributed by atoms with Crippen molar-refractivity contribution < 1.29 is 9.66 Å². The maximum atomic E-state index is 11.1. The standard InChI is InChI=1S/C17H22N2O3/c1-3-4-5-6-7-10-22-17-9-8-15(11-14(2)13-18)12-16(17)19(20)21/h8-9,11-12H,3-7,10H2,1-2H3/b14-11-. The summed E-state index contributed by atoms with van der Waals surface area (Å²) in [6.07, 6.45) is 7.14. The molecule has 0 N–H and O–H groups in total. The number of ether oxygens (including phenoxy) is 1. The molecule has 0 aromatic heterocycles. The van der Waals surface area contributed by atoms with Gasteiger partial charge in [-0.1, -0.05) is 38.7 Å². The quantitative estimate of drug-likeness (QED) is 0.282. The SMILES string of the molecule is CCCCCCCOc1ccc(/C=C(/C)C#N)cc1[N+](=O)[O-]. The van der Waals surface area contributed by atoms with Crippen LogP contribution in [0.15, 0.2) is 23.8 Å². The van der Waals surface area contributed by atoms with Crippen molar-refractivity contribution in [2.24, 2.45) is 0 Å². The second kappa shape index (κ2) is 9.56. The van der Waals surface area contributed by atoms with Gasteiger partial charge in [-0.25, -0.2) is 0 Å². The zero-order valence-electron chi connectivity index (χ0n) is 13.2. The number of hydrogen-bond donors (Lipinski definition) is 0. The highest BCUT2D eigenvalue weighted by Gasteiger charge is 2.15. The molecule has 0 fully saturated rings. The lowest BCUT2D eigenvalue weighted by Gasteiger charge is -2.07. The van der Waals surface area contributed by atoms with Gasteiger partial charge in [0.25, 0.3) is 0 Å². The molecule has 0 radical (unpaired) electrons. The molecule has 22 heavy (non-hydrogen) atoms. The Morgan fingerprint density at radius 1 is 1.36 bits per heavy atom. The Morgan fingerprint density at radius 3 is 2.73 bits per heavy atom. The number of rotatable bonds is 9. The molecule has 0 atom stereocenters. The molecule has 0 unspecified atom stereocenters. The van der Waals surface area contributed by atoms with E-state index in [1.807, 2.05) is 6.07 Å². The summed E-state index contributed by atoms with van der Waals surface area (Å²) in [5.74, 6) is 0.284. The summed E-state index contributed by atoms with van der Waals surface area (Å²) in [5.41, 5.74) is 1.06. The van der Waals surface area contributed by atoms with Crippen molar-refractivity contribution in [3.63, 3.8) is 0 Å². The molecule has 0 amide bonds. The van der Waals surface area contributed by atoms with E-state index in [0.717, 1.165) is 12.8 Å². The topological polar surface area (TPSA) is 76.2 Å². The minimum absolute atomic E-state index is 0.0620. The fourth-order valence-electron chi connectivity index (χ4n) is 2.06. The van der Waals surface area contributed by atoms with Gasteiger partial charge < -0.3 is 4.74 Å². The third kappa shape index (κ3) is 5.96. The Morgan fingerprint density at radius 2 is 2.09 bits per heavy atom. The summed E-state index contributed by atoms with van der Waals surface area (Å²) < 4.78 is 5.54. The number of nitro groups is 1. The van der Waals surface area contributed by atoms with Crippen LogP contribution in [0.4, 0.5) is 5.69 Å². The molecule has 0 spiro atoms. The van der Waals surface area contributed by atoms with E-state index in [0.29, 0.717) is 17.7 Å². The molecule has 0 aliphatic rings. The van der Waals surface area contributed by atoms with Crippen LogP contribution in [0.1, 0.15) is 51.5 Å². The van der Waals surface area contributed by atoms with Crippen LogP contribution >= 0.6 is 0 Å². The van der Waals surface area contributed by atoms with Gasteiger partial charge in [-0.2, -0.15) is 5.26 Å². The van der Waals surface area contributed by atoms with Crippen LogP contribution < -0.4 is 4.74 Å². The Kier molecular flexibility index (Phi) is 7.69. The van der Waals surface area contributed by atoms with Crippen LogP contribution in [0.5, 0.6) is 5.75 Å². The summed E-state index contributed by atoms with van der Waals surface area (Å²) in [6, 6.07) is 6.75. The minimum Gasteiger partial charge on any atom is -0.487 e. The molecule has 118 valence electrons. The Labute approximate surface area is 131 Å². The second-order valence-electron chi connectivity index (χ2n) is 5.19. The van der Waals surface area contributed by atoms with Gasteiger partial charge in [0.05, 0.1) is 17.6 Å². The Bertz CT molecular complexity index is 574. The van der Waals surface area contributed by atoms with Crippen LogP contribution in [0.2, 0.25) is 0 Å². The Balaban J connectivity index is 2.71. The van der Waals surface area contributed by atoms with E-state index in [-0.39, 0.29) is 11.4 Å². The molecule has 1 rings (SSSR count). The molecule has 0 saturated heterocycles. The van der Waals surface area contributed by atoms with Gasteiger partial charge in [-0.3, -0.25) is 10.1 Å². The highest BCUT2D eigenvalue weighted by molar-refractivity contribution is 5.62. The number of nitro benzene ring substituents is 1. The van der Waals surface area contributed by atoms with E-state index >= 15 is 0 Å². The van der Waals surface area contributed by atoms with Gasteiger partial charge in [-0.15, -0.1) is 0 Å². The number of nitriles is 1. The van der Waals surface area contributed by atoms with Gasteiger partial charge in [0.1, 0.15) is 0 Å².